The minimum absolute atomic E-state index is 0.114. The number of benzene rings is 3. The maximum Gasteiger partial charge on any atom is 0.254 e. The van der Waals surface area contributed by atoms with Crippen molar-refractivity contribution >= 4 is 16.8 Å². The number of nitrogens with zero attached hydrogens (tertiary/aromatic N) is 3. The lowest BCUT2D eigenvalue weighted by Crippen LogP contribution is -2.33. The van der Waals surface area contributed by atoms with Gasteiger partial charge in [0.25, 0.3) is 5.91 Å². The van der Waals surface area contributed by atoms with Gasteiger partial charge < -0.3 is 14.5 Å². The Bertz CT molecular complexity index is 1320. The van der Waals surface area contributed by atoms with Crippen molar-refractivity contribution in [1.82, 2.24) is 20.0 Å². The lowest BCUT2D eigenvalue weighted by molar-refractivity contribution is 0.0716. The van der Waals surface area contributed by atoms with Crippen molar-refractivity contribution < 1.29 is 13.9 Å². The predicted octanol–water partition coefficient (Wildman–Crippen LogP) is 5.53. The van der Waals surface area contributed by atoms with E-state index in [1.807, 2.05) is 58.4 Å². The Morgan fingerprint density at radius 2 is 1.89 bits per heavy atom. The number of amides is 1. The topological polar surface area (TPSA) is 61.5 Å². The SMILES string of the molecule is CCOc1cc(C(=O)N(C)C(CCN(C)C)c2cccc3cn[nH]c23)ccc1-c1cccc(F)c1. The Labute approximate surface area is 205 Å². The fraction of sp³-hybridized carbons (Fsp3) is 0.286. The van der Waals surface area contributed by atoms with Crippen LogP contribution in [0.25, 0.3) is 22.0 Å². The summed E-state index contributed by atoms with van der Waals surface area (Å²) in [6.07, 6.45) is 2.55. The monoisotopic (exact) mass is 474 g/mol. The average molecular weight is 475 g/mol. The minimum Gasteiger partial charge on any atom is -0.493 e. The van der Waals surface area contributed by atoms with Gasteiger partial charge in [-0.1, -0.05) is 30.3 Å². The van der Waals surface area contributed by atoms with Gasteiger partial charge in [-0.2, -0.15) is 5.10 Å². The molecular formula is C28H31FN4O2. The standard InChI is InChI=1S/C28H31FN4O2/c1-5-35-26-17-20(12-13-23(26)19-8-6-10-22(29)16-19)28(34)33(4)25(14-15-32(2)3)24-11-7-9-21-18-30-31-27(21)24/h6-13,16-18,25H,5,14-15H2,1-4H3,(H,30,31). The lowest BCUT2D eigenvalue weighted by atomic mass is 9.98. The van der Waals surface area contributed by atoms with E-state index in [4.69, 9.17) is 4.74 Å². The van der Waals surface area contributed by atoms with Gasteiger partial charge in [0.2, 0.25) is 0 Å². The van der Waals surface area contributed by atoms with Crippen molar-refractivity contribution in [3.63, 3.8) is 0 Å². The molecular weight excluding hydrogens is 443 g/mol. The van der Waals surface area contributed by atoms with Crippen LogP contribution in [0.5, 0.6) is 5.75 Å². The summed E-state index contributed by atoms with van der Waals surface area (Å²) >= 11 is 0. The highest BCUT2D eigenvalue weighted by molar-refractivity contribution is 5.96. The van der Waals surface area contributed by atoms with Crippen LogP contribution < -0.4 is 4.74 Å². The van der Waals surface area contributed by atoms with Crippen LogP contribution in [0, 0.1) is 5.82 Å². The number of carbonyl (C=O) groups is 1. The van der Waals surface area contributed by atoms with Crippen molar-refractivity contribution in [3.8, 4) is 16.9 Å². The van der Waals surface area contributed by atoms with E-state index in [1.165, 1.54) is 12.1 Å². The summed E-state index contributed by atoms with van der Waals surface area (Å²) in [4.78, 5) is 17.6. The summed E-state index contributed by atoms with van der Waals surface area (Å²) in [6.45, 7) is 3.14. The molecule has 0 saturated carbocycles. The van der Waals surface area contributed by atoms with Crippen LogP contribution >= 0.6 is 0 Å². The number of fused-ring (bicyclic) bond motifs is 1. The highest BCUT2D eigenvalue weighted by Gasteiger charge is 2.26. The molecule has 0 bridgehead atoms. The number of rotatable bonds is 9. The molecule has 3 aromatic carbocycles. The van der Waals surface area contributed by atoms with E-state index in [-0.39, 0.29) is 17.8 Å². The summed E-state index contributed by atoms with van der Waals surface area (Å²) in [7, 11) is 5.88. The molecule has 4 aromatic rings. The molecule has 7 heteroatoms. The third-order valence-corrected chi connectivity index (χ3v) is 6.17. The zero-order valence-electron chi connectivity index (χ0n) is 20.6. The molecule has 1 aromatic heterocycles. The van der Waals surface area contributed by atoms with E-state index >= 15 is 0 Å². The number of H-pyrrole nitrogens is 1. The summed E-state index contributed by atoms with van der Waals surface area (Å²) in [5.74, 6) is 0.122. The first-order valence-corrected chi connectivity index (χ1v) is 11.8. The van der Waals surface area contributed by atoms with E-state index in [1.54, 1.807) is 29.3 Å². The molecule has 1 amide bonds. The van der Waals surface area contributed by atoms with Crippen molar-refractivity contribution in [3.05, 3.63) is 83.8 Å². The average Bonchev–Trinajstić information content (AvgIpc) is 3.33. The van der Waals surface area contributed by atoms with E-state index in [0.29, 0.717) is 23.5 Å². The van der Waals surface area contributed by atoms with Gasteiger partial charge in [-0.25, -0.2) is 4.39 Å². The van der Waals surface area contributed by atoms with Crippen molar-refractivity contribution in [2.24, 2.45) is 0 Å². The van der Waals surface area contributed by atoms with Crippen LogP contribution in [-0.4, -0.2) is 60.2 Å². The van der Waals surface area contributed by atoms with Crippen LogP contribution in [0.2, 0.25) is 0 Å². The Kier molecular flexibility index (Phi) is 7.46. The molecule has 0 aliphatic heterocycles. The number of ether oxygens (including phenoxy) is 1. The van der Waals surface area contributed by atoms with Crippen LogP contribution in [0.3, 0.4) is 0 Å². The maximum absolute atomic E-state index is 13.8. The first-order valence-electron chi connectivity index (χ1n) is 11.8. The summed E-state index contributed by atoms with van der Waals surface area (Å²) in [6, 6.07) is 17.6. The molecule has 182 valence electrons. The third-order valence-electron chi connectivity index (χ3n) is 6.17. The fourth-order valence-corrected chi connectivity index (χ4v) is 4.38. The lowest BCUT2D eigenvalue weighted by Gasteiger charge is -2.30. The van der Waals surface area contributed by atoms with Gasteiger partial charge in [0, 0.05) is 29.1 Å². The number of para-hydroxylation sites is 1. The van der Waals surface area contributed by atoms with Gasteiger partial charge in [0.1, 0.15) is 11.6 Å². The van der Waals surface area contributed by atoms with E-state index in [2.05, 4.69) is 15.1 Å². The second-order valence-corrected chi connectivity index (χ2v) is 8.86. The largest absolute Gasteiger partial charge is 0.493 e. The molecule has 1 N–H and O–H groups in total. The molecule has 1 atom stereocenters. The molecule has 0 fully saturated rings. The molecule has 0 radical (unpaired) electrons. The number of carbonyl (C=O) groups excluding carboxylic acids is 1. The molecule has 1 unspecified atom stereocenters. The van der Waals surface area contributed by atoms with Gasteiger partial charge >= 0.3 is 0 Å². The summed E-state index contributed by atoms with van der Waals surface area (Å²) < 4.78 is 19.7. The predicted molar refractivity (Wildman–Crippen MR) is 137 cm³/mol. The van der Waals surface area contributed by atoms with Gasteiger partial charge in [-0.3, -0.25) is 9.89 Å². The van der Waals surface area contributed by atoms with Crippen LogP contribution in [0.15, 0.2) is 66.9 Å². The van der Waals surface area contributed by atoms with Crippen molar-refractivity contribution in [2.75, 3.05) is 34.3 Å². The Morgan fingerprint density at radius 3 is 2.63 bits per heavy atom. The minimum atomic E-state index is -0.318. The second kappa shape index (κ2) is 10.7. The highest BCUT2D eigenvalue weighted by atomic mass is 19.1. The number of aromatic amines is 1. The fourth-order valence-electron chi connectivity index (χ4n) is 4.38. The Hall–Kier alpha value is -3.71. The van der Waals surface area contributed by atoms with Gasteiger partial charge in [0.15, 0.2) is 0 Å². The number of aromatic nitrogens is 2. The van der Waals surface area contributed by atoms with E-state index in [0.717, 1.165) is 35.0 Å². The van der Waals surface area contributed by atoms with Crippen molar-refractivity contribution in [1.29, 1.82) is 0 Å². The second-order valence-electron chi connectivity index (χ2n) is 8.86. The highest BCUT2D eigenvalue weighted by Crippen LogP contribution is 2.34. The molecule has 6 nitrogen and oxygen atoms in total. The van der Waals surface area contributed by atoms with Gasteiger partial charge in [-0.05, 0) is 69.9 Å². The number of halogens is 1. The molecule has 4 rings (SSSR count). The van der Waals surface area contributed by atoms with Gasteiger partial charge in [0.05, 0.1) is 24.4 Å². The first kappa shape index (κ1) is 24.4. The smallest absolute Gasteiger partial charge is 0.254 e. The molecule has 0 aliphatic carbocycles. The first-order chi connectivity index (χ1) is 16.9. The number of hydrogen-bond acceptors (Lipinski definition) is 4. The summed E-state index contributed by atoms with van der Waals surface area (Å²) in [5.41, 5.74) is 3.93. The van der Waals surface area contributed by atoms with Gasteiger partial charge in [-0.15, -0.1) is 0 Å². The number of hydrogen-bond donors (Lipinski definition) is 1. The maximum atomic E-state index is 13.8. The normalized spacial score (nSPS) is 12.2. The van der Waals surface area contributed by atoms with Crippen molar-refractivity contribution in [2.45, 2.75) is 19.4 Å². The zero-order chi connectivity index (χ0) is 24.9. The van der Waals surface area contributed by atoms with Crippen LogP contribution in [0.1, 0.15) is 35.3 Å². The van der Waals surface area contributed by atoms with Crippen LogP contribution in [-0.2, 0) is 0 Å². The Balaban J connectivity index is 1.70. The van der Waals surface area contributed by atoms with Crippen LogP contribution in [0.4, 0.5) is 4.39 Å². The van der Waals surface area contributed by atoms with E-state index < -0.39 is 0 Å². The Morgan fingerprint density at radius 1 is 1.09 bits per heavy atom. The van der Waals surface area contributed by atoms with E-state index in [9.17, 15) is 9.18 Å². The molecule has 0 saturated heterocycles. The molecule has 35 heavy (non-hydrogen) atoms. The third kappa shape index (κ3) is 5.35. The molecule has 0 aliphatic rings. The molecule has 0 spiro atoms. The quantitative estimate of drug-likeness (QED) is 0.346. The zero-order valence-corrected chi connectivity index (χ0v) is 20.6. The summed E-state index contributed by atoms with van der Waals surface area (Å²) in [5, 5.41) is 8.30. The molecule has 1 heterocycles. The number of nitrogens with one attached hydrogen (secondary N) is 1.